The van der Waals surface area contributed by atoms with Crippen molar-refractivity contribution in [2.24, 2.45) is 14.1 Å². The molecule has 0 saturated heterocycles. The van der Waals surface area contributed by atoms with Crippen LogP contribution in [0, 0.1) is 0 Å². The summed E-state index contributed by atoms with van der Waals surface area (Å²) < 4.78 is 3.68. The normalized spacial score (nSPS) is 17.1. The summed E-state index contributed by atoms with van der Waals surface area (Å²) in [6.45, 7) is 6.22. The first-order chi connectivity index (χ1) is 7.02. The minimum absolute atomic E-state index is 0.165. The molecule has 0 atom stereocenters. The molecule has 2 heterocycles. The average molecular weight is 209 g/mol. The van der Waals surface area contributed by atoms with Crippen molar-refractivity contribution in [1.82, 2.24) is 14.3 Å². The smallest absolute Gasteiger partial charge is 0.271 e. The van der Waals surface area contributed by atoms with E-state index in [2.05, 4.69) is 18.7 Å². The van der Waals surface area contributed by atoms with Crippen molar-refractivity contribution in [2.75, 3.05) is 6.54 Å². The summed E-state index contributed by atoms with van der Waals surface area (Å²) in [6, 6.07) is 0.517. The van der Waals surface area contributed by atoms with Crippen LogP contribution in [0.4, 0.5) is 0 Å². The molecule has 84 valence electrons. The fourth-order valence-corrected chi connectivity index (χ4v) is 2.28. The van der Waals surface area contributed by atoms with Gasteiger partial charge in [-0.1, -0.05) is 0 Å². The first-order valence-corrected chi connectivity index (χ1v) is 5.50. The highest BCUT2D eigenvalue weighted by atomic mass is 16.1. The van der Waals surface area contributed by atoms with Crippen LogP contribution in [0.2, 0.25) is 0 Å². The lowest BCUT2D eigenvalue weighted by molar-refractivity contribution is 0.201. The van der Waals surface area contributed by atoms with Crippen molar-refractivity contribution in [1.29, 1.82) is 0 Å². The Hall–Kier alpha value is -1.03. The van der Waals surface area contributed by atoms with Crippen molar-refractivity contribution >= 4 is 0 Å². The van der Waals surface area contributed by atoms with Crippen molar-refractivity contribution < 1.29 is 0 Å². The highest BCUT2D eigenvalue weighted by molar-refractivity contribution is 5.21. The second-order valence-corrected chi connectivity index (χ2v) is 4.59. The largest absolute Gasteiger partial charge is 0.296 e. The lowest BCUT2D eigenvalue weighted by Gasteiger charge is -2.29. The molecule has 4 nitrogen and oxygen atoms in total. The summed E-state index contributed by atoms with van der Waals surface area (Å²) in [4.78, 5) is 14.3. The van der Waals surface area contributed by atoms with Gasteiger partial charge in [0.2, 0.25) is 0 Å². The van der Waals surface area contributed by atoms with Crippen LogP contribution < -0.4 is 5.56 Å². The predicted molar refractivity (Wildman–Crippen MR) is 59.9 cm³/mol. The summed E-state index contributed by atoms with van der Waals surface area (Å²) in [7, 11) is 3.80. The van der Waals surface area contributed by atoms with Gasteiger partial charge in [0.15, 0.2) is 0 Å². The maximum Gasteiger partial charge on any atom is 0.271 e. The van der Waals surface area contributed by atoms with E-state index >= 15 is 0 Å². The molecule has 0 unspecified atom stereocenters. The van der Waals surface area contributed by atoms with Crippen LogP contribution in [0.25, 0.3) is 0 Å². The highest BCUT2D eigenvalue weighted by Gasteiger charge is 2.24. The lowest BCUT2D eigenvalue weighted by Crippen LogP contribution is -2.37. The second kappa shape index (κ2) is 3.52. The first-order valence-electron chi connectivity index (χ1n) is 5.50. The SMILES string of the molecule is CC(C)N1CCc2c(c(=O)n(C)n2C)C1. The zero-order valence-corrected chi connectivity index (χ0v) is 9.95. The van der Waals surface area contributed by atoms with Crippen molar-refractivity contribution in [2.45, 2.75) is 32.9 Å². The maximum absolute atomic E-state index is 11.9. The minimum Gasteiger partial charge on any atom is -0.296 e. The van der Waals surface area contributed by atoms with Gasteiger partial charge in [-0.3, -0.25) is 19.1 Å². The fraction of sp³-hybridized carbons (Fsp3) is 0.727. The molecule has 1 aromatic heterocycles. The van der Waals surface area contributed by atoms with E-state index in [1.165, 1.54) is 5.69 Å². The summed E-state index contributed by atoms with van der Waals surface area (Å²) in [5.74, 6) is 0. The number of fused-ring (bicyclic) bond motifs is 1. The Morgan fingerprint density at radius 3 is 2.47 bits per heavy atom. The Kier molecular flexibility index (Phi) is 2.46. The molecule has 1 aliphatic rings. The molecule has 0 saturated carbocycles. The van der Waals surface area contributed by atoms with Crippen molar-refractivity contribution in [3.63, 3.8) is 0 Å². The van der Waals surface area contributed by atoms with E-state index in [0.29, 0.717) is 6.04 Å². The van der Waals surface area contributed by atoms with Crippen molar-refractivity contribution in [3.8, 4) is 0 Å². The first kappa shape index (κ1) is 10.5. The van der Waals surface area contributed by atoms with Crippen LogP contribution >= 0.6 is 0 Å². The Morgan fingerprint density at radius 1 is 1.20 bits per heavy atom. The van der Waals surface area contributed by atoms with E-state index in [-0.39, 0.29) is 5.56 Å². The summed E-state index contributed by atoms with van der Waals surface area (Å²) >= 11 is 0. The zero-order chi connectivity index (χ0) is 11.2. The molecule has 2 rings (SSSR count). The Balaban J connectivity index is 2.42. The Morgan fingerprint density at radius 2 is 1.87 bits per heavy atom. The molecule has 0 aromatic carbocycles. The van der Waals surface area contributed by atoms with Gasteiger partial charge < -0.3 is 0 Å². The number of aromatic nitrogens is 2. The van der Waals surface area contributed by atoms with E-state index in [1.807, 2.05) is 18.8 Å². The van der Waals surface area contributed by atoms with Crippen LogP contribution in [-0.4, -0.2) is 26.9 Å². The topological polar surface area (TPSA) is 30.2 Å². The van der Waals surface area contributed by atoms with Gasteiger partial charge in [-0.2, -0.15) is 0 Å². The van der Waals surface area contributed by atoms with Gasteiger partial charge in [0.25, 0.3) is 5.56 Å². The lowest BCUT2D eigenvalue weighted by atomic mass is 10.1. The molecular formula is C11H19N3O. The highest BCUT2D eigenvalue weighted by Crippen LogP contribution is 2.17. The third-order valence-electron chi connectivity index (χ3n) is 3.47. The molecule has 15 heavy (non-hydrogen) atoms. The number of hydrogen-bond acceptors (Lipinski definition) is 2. The molecule has 1 aromatic rings. The quantitative estimate of drug-likeness (QED) is 0.674. The van der Waals surface area contributed by atoms with Gasteiger partial charge in [-0.05, 0) is 13.8 Å². The van der Waals surface area contributed by atoms with Crippen LogP contribution in [0.3, 0.4) is 0 Å². The molecular weight excluding hydrogens is 190 g/mol. The molecule has 0 N–H and O–H groups in total. The molecule has 0 amide bonds. The van der Waals surface area contributed by atoms with Gasteiger partial charge >= 0.3 is 0 Å². The maximum atomic E-state index is 11.9. The fourth-order valence-electron chi connectivity index (χ4n) is 2.28. The van der Waals surface area contributed by atoms with Crippen LogP contribution in [-0.2, 0) is 27.1 Å². The summed E-state index contributed by atoms with van der Waals surface area (Å²) in [5.41, 5.74) is 2.36. The standard InChI is InChI=1S/C11H19N3O/c1-8(2)14-6-5-10-9(7-14)11(15)13(4)12(10)3/h8H,5-7H2,1-4H3. The molecule has 0 fully saturated rings. The van der Waals surface area contributed by atoms with Crippen LogP contribution in [0.5, 0.6) is 0 Å². The molecule has 1 aliphatic heterocycles. The van der Waals surface area contributed by atoms with Gasteiger partial charge in [0, 0.05) is 45.3 Å². The number of rotatable bonds is 1. The number of nitrogens with zero attached hydrogens (tertiary/aromatic N) is 3. The Bertz CT molecular complexity index is 428. The van der Waals surface area contributed by atoms with Crippen LogP contribution in [0.1, 0.15) is 25.1 Å². The molecule has 0 spiro atoms. The molecule has 0 radical (unpaired) electrons. The minimum atomic E-state index is 0.165. The van der Waals surface area contributed by atoms with Crippen LogP contribution in [0.15, 0.2) is 4.79 Å². The van der Waals surface area contributed by atoms with Crippen molar-refractivity contribution in [3.05, 3.63) is 21.6 Å². The van der Waals surface area contributed by atoms with Gasteiger partial charge in [-0.15, -0.1) is 0 Å². The predicted octanol–water partition coefficient (Wildman–Crippen LogP) is 0.490. The third-order valence-corrected chi connectivity index (χ3v) is 3.47. The van der Waals surface area contributed by atoms with E-state index in [9.17, 15) is 4.79 Å². The number of hydrogen-bond donors (Lipinski definition) is 0. The summed E-state index contributed by atoms with van der Waals surface area (Å²) in [6.07, 6.45) is 0.986. The molecule has 4 heteroatoms. The van der Waals surface area contributed by atoms with Gasteiger partial charge in [0.05, 0.1) is 5.56 Å². The van der Waals surface area contributed by atoms with E-state index < -0.39 is 0 Å². The molecule has 0 aliphatic carbocycles. The summed E-state index contributed by atoms with van der Waals surface area (Å²) in [5, 5.41) is 0. The monoisotopic (exact) mass is 209 g/mol. The van der Waals surface area contributed by atoms with Gasteiger partial charge in [0.1, 0.15) is 0 Å². The molecule has 0 bridgehead atoms. The second-order valence-electron chi connectivity index (χ2n) is 4.59. The third kappa shape index (κ3) is 1.53. The van der Waals surface area contributed by atoms with E-state index in [4.69, 9.17) is 0 Å². The average Bonchev–Trinajstić information content (AvgIpc) is 2.44. The Labute approximate surface area is 90.1 Å². The van der Waals surface area contributed by atoms with E-state index in [0.717, 1.165) is 25.1 Å². The van der Waals surface area contributed by atoms with Gasteiger partial charge in [-0.25, -0.2) is 0 Å². The van der Waals surface area contributed by atoms with E-state index in [1.54, 1.807) is 4.68 Å². The zero-order valence-electron chi connectivity index (χ0n) is 9.95.